The van der Waals surface area contributed by atoms with Crippen LogP contribution in [0.25, 0.3) is 0 Å². The van der Waals surface area contributed by atoms with E-state index < -0.39 is 11.6 Å². The molecule has 2 N–H and O–H groups in total. The summed E-state index contributed by atoms with van der Waals surface area (Å²) in [7, 11) is 0. The van der Waals surface area contributed by atoms with Crippen LogP contribution in [0.4, 0.5) is 20.4 Å². The maximum absolute atomic E-state index is 13.7. The molecule has 3 nitrogen and oxygen atoms in total. The molecule has 106 valence electrons. The number of hydrogen-bond acceptors (Lipinski definition) is 3. The van der Waals surface area contributed by atoms with Crippen LogP contribution in [0.1, 0.15) is 39.5 Å². The Hall–Kier alpha value is -1.39. The third-order valence-electron chi connectivity index (χ3n) is 3.72. The number of aromatic nitrogens is 1. The highest BCUT2D eigenvalue weighted by molar-refractivity contribution is 5.47. The first-order valence-corrected chi connectivity index (χ1v) is 6.88. The number of nitrogens with one attached hydrogen (secondary N) is 2. The first-order chi connectivity index (χ1) is 9.04. The van der Waals surface area contributed by atoms with Crippen LogP contribution in [-0.4, -0.2) is 18.1 Å². The molecule has 0 aliphatic heterocycles. The molecule has 1 heterocycles. The summed E-state index contributed by atoms with van der Waals surface area (Å²) in [4.78, 5) is 4.00. The molecule has 0 unspecified atom stereocenters. The molecule has 1 saturated carbocycles. The summed E-state index contributed by atoms with van der Waals surface area (Å²) >= 11 is 0. The quantitative estimate of drug-likeness (QED) is 0.825. The predicted octanol–water partition coefficient (Wildman–Crippen LogP) is 3.78. The van der Waals surface area contributed by atoms with Gasteiger partial charge in [-0.3, -0.25) is 0 Å². The molecular weight excluding hydrogens is 248 g/mol. The number of anilines is 2. The zero-order chi connectivity index (χ0) is 13.9. The van der Waals surface area contributed by atoms with Crippen LogP contribution in [0.2, 0.25) is 0 Å². The van der Waals surface area contributed by atoms with Gasteiger partial charge in [0, 0.05) is 19.2 Å². The third kappa shape index (κ3) is 3.33. The average Bonchev–Trinajstić information content (AvgIpc) is 2.34. The summed E-state index contributed by atoms with van der Waals surface area (Å²) in [5.41, 5.74) is 0.222. The maximum atomic E-state index is 13.7. The number of halogens is 2. The Bertz CT molecular complexity index is 445. The van der Waals surface area contributed by atoms with Gasteiger partial charge >= 0.3 is 0 Å². The minimum atomic E-state index is -0.647. The van der Waals surface area contributed by atoms with Gasteiger partial charge < -0.3 is 10.6 Å². The lowest BCUT2D eigenvalue weighted by atomic mass is 9.70. The highest BCUT2D eigenvalue weighted by atomic mass is 19.1. The molecule has 19 heavy (non-hydrogen) atoms. The van der Waals surface area contributed by atoms with E-state index in [9.17, 15) is 8.78 Å². The van der Waals surface area contributed by atoms with Crippen molar-refractivity contribution >= 4 is 11.6 Å². The van der Waals surface area contributed by atoms with E-state index in [0.29, 0.717) is 13.1 Å². The maximum Gasteiger partial charge on any atom is 0.168 e. The van der Waals surface area contributed by atoms with Crippen molar-refractivity contribution in [3.63, 3.8) is 0 Å². The number of rotatable bonds is 6. The molecule has 0 saturated heterocycles. The fraction of sp³-hybridized carbons (Fsp3) is 0.643. The standard InChI is InChI=1S/C14H21F2N3/c1-3-7-17-12-10(15)8-11(16)13(19-12)18-9-14(2)5-4-6-14/h8H,3-7,9H2,1-2H3,(H2,17,18,19). The van der Waals surface area contributed by atoms with E-state index in [-0.39, 0.29) is 17.1 Å². The van der Waals surface area contributed by atoms with Crippen LogP contribution in [-0.2, 0) is 0 Å². The lowest BCUT2D eigenvalue weighted by Gasteiger charge is -2.38. The Kier molecular flexibility index (Phi) is 4.22. The fourth-order valence-electron chi connectivity index (χ4n) is 2.21. The zero-order valence-corrected chi connectivity index (χ0v) is 11.5. The fourth-order valence-corrected chi connectivity index (χ4v) is 2.21. The van der Waals surface area contributed by atoms with E-state index in [1.165, 1.54) is 6.42 Å². The van der Waals surface area contributed by atoms with Crippen molar-refractivity contribution in [3.8, 4) is 0 Å². The van der Waals surface area contributed by atoms with Crippen molar-refractivity contribution in [3.05, 3.63) is 17.7 Å². The van der Waals surface area contributed by atoms with Crippen LogP contribution >= 0.6 is 0 Å². The van der Waals surface area contributed by atoms with Gasteiger partial charge in [-0.2, -0.15) is 0 Å². The molecule has 1 aliphatic rings. The second kappa shape index (κ2) is 5.72. The topological polar surface area (TPSA) is 37.0 Å². The number of nitrogens with zero attached hydrogens (tertiary/aromatic N) is 1. The lowest BCUT2D eigenvalue weighted by molar-refractivity contribution is 0.179. The molecule has 0 radical (unpaired) electrons. The summed E-state index contributed by atoms with van der Waals surface area (Å²) in [5, 5.41) is 5.87. The van der Waals surface area contributed by atoms with Gasteiger partial charge in [0.15, 0.2) is 23.3 Å². The van der Waals surface area contributed by atoms with E-state index in [2.05, 4.69) is 22.5 Å². The first kappa shape index (κ1) is 14.0. The van der Waals surface area contributed by atoms with E-state index >= 15 is 0 Å². The molecule has 5 heteroatoms. The Morgan fingerprint density at radius 2 is 1.84 bits per heavy atom. The Morgan fingerprint density at radius 3 is 2.37 bits per heavy atom. The second-order valence-electron chi connectivity index (χ2n) is 5.59. The normalized spacial score (nSPS) is 16.8. The zero-order valence-electron chi connectivity index (χ0n) is 11.5. The lowest BCUT2D eigenvalue weighted by Crippen LogP contribution is -2.33. The van der Waals surface area contributed by atoms with Gasteiger partial charge in [0.05, 0.1) is 0 Å². The number of hydrogen-bond donors (Lipinski definition) is 2. The van der Waals surface area contributed by atoms with Crippen molar-refractivity contribution in [2.45, 2.75) is 39.5 Å². The summed E-state index contributed by atoms with van der Waals surface area (Å²) in [6, 6.07) is 0.885. The molecule has 0 amide bonds. The minimum Gasteiger partial charge on any atom is -0.368 e. The largest absolute Gasteiger partial charge is 0.368 e. The van der Waals surface area contributed by atoms with Crippen molar-refractivity contribution in [1.82, 2.24) is 4.98 Å². The predicted molar refractivity (Wildman–Crippen MR) is 73.4 cm³/mol. The molecule has 1 aliphatic carbocycles. The van der Waals surface area contributed by atoms with Crippen molar-refractivity contribution < 1.29 is 8.78 Å². The van der Waals surface area contributed by atoms with E-state index in [1.807, 2.05) is 6.92 Å². The SMILES string of the molecule is CCCNc1nc(NCC2(C)CCC2)c(F)cc1F. The van der Waals surface area contributed by atoms with E-state index in [0.717, 1.165) is 25.3 Å². The highest BCUT2D eigenvalue weighted by Gasteiger charge is 2.31. The molecule has 0 aromatic carbocycles. The summed E-state index contributed by atoms with van der Waals surface area (Å²) < 4.78 is 27.2. The highest BCUT2D eigenvalue weighted by Crippen LogP contribution is 2.40. The van der Waals surface area contributed by atoms with Crippen LogP contribution < -0.4 is 10.6 Å². The van der Waals surface area contributed by atoms with Crippen molar-refractivity contribution in [2.75, 3.05) is 23.7 Å². The van der Waals surface area contributed by atoms with Crippen LogP contribution in [0.5, 0.6) is 0 Å². The molecule has 1 aromatic heterocycles. The van der Waals surface area contributed by atoms with Gasteiger partial charge in [0.1, 0.15) is 0 Å². The molecule has 1 fully saturated rings. The van der Waals surface area contributed by atoms with Crippen molar-refractivity contribution in [2.24, 2.45) is 5.41 Å². The molecule has 0 atom stereocenters. The molecular formula is C14H21F2N3. The van der Waals surface area contributed by atoms with Gasteiger partial charge in [-0.25, -0.2) is 13.8 Å². The first-order valence-electron chi connectivity index (χ1n) is 6.88. The summed E-state index contributed by atoms with van der Waals surface area (Å²) in [6.07, 6.45) is 4.37. The van der Waals surface area contributed by atoms with Crippen LogP contribution in [0.15, 0.2) is 6.07 Å². The summed E-state index contributed by atoms with van der Waals surface area (Å²) in [6.45, 7) is 5.44. The molecule has 0 bridgehead atoms. The molecule has 2 rings (SSSR count). The van der Waals surface area contributed by atoms with Crippen molar-refractivity contribution in [1.29, 1.82) is 0 Å². The second-order valence-corrected chi connectivity index (χ2v) is 5.59. The van der Waals surface area contributed by atoms with Crippen LogP contribution in [0.3, 0.4) is 0 Å². The monoisotopic (exact) mass is 269 g/mol. The van der Waals surface area contributed by atoms with E-state index in [1.54, 1.807) is 0 Å². The van der Waals surface area contributed by atoms with Gasteiger partial charge in [-0.05, 0) is 24.7 Å². The van der Waals surface area contributed by atoms with E-state index in [4.69, 9.17) is 0 Å². The Labute approximate surface area is 112 Å². The van der Waals surface area contributed by atoms with Gasteiger partial charge in [-0.15, -0.1) is 0 Å². The molecule has 0 spiro atoms. The number of pyridine rings is 1. The van der Waals surface area contributed by atoms with Gasteiger partial charge in [0.25, 0.3) is 0 Å². The minimum absolute atomic E-state index is 0.115. The Morgan fingerprint density at radius 1 is 1.21 bits per heavy atom. The summed E-state index contributed by atoms with van der Waals surface area (Å²) in [5.74, 6) is -1.04. The molecule has 1 aromatic rings. The Balaban J connectivity index is 2.05. The third-order valence-corrected chi connectivity index (χ3v) is 3.72. The van der Waals surface area contributed by atoms with Gasteiger partial charge in [0.2, 0.25) is 0 Å². The average molecular weight is 269 g/mol. The van der Waals surface area contributed by atoms with Crippen LogP contribution in [0, 0.1) is 17.0 Å². The smallest absolute Gasteiger partial charge is 0.168 e. The van der Waals surface area contributed by atoms with Gasteiger partial charge in [-0.1, -0.05) is 20.3 Å².